The molecule has 1 rings (SSSR count). The van der Waals surface area contributed by atoms with E-state index in [-0.39, 0.29) is 0 Å². The van der Waals surface area contributed by atoms with Crippen molar-refractivity contribution in [2.24, 2.45) is 0 Å². The summed E-state index contributed by atoms with van der Waals surface area (Å²) in [7, 11) is 0. The third-order valence-corrected chi connectivity index (χ3v) is 3.22. The maximum absolute atomic E-state index is 5.86. The van der Waals surface area contributed by atoms with Crippen LogP contribution in [-0.4, -0.2) is 13.1 Å². The molecule has 0 aromatic carbocycles. The number of halogens is 1. The lowest BCUT2D eigenvalue weighted by atomic mass is 10.2. The van der Waals surface area contributed by atoms with Gasteiger partial charge in [-0.1, -0.05) is 31.0 Å². The first-order valence-corrected chi connectivity index (χ1v) is 6.16. The van der Waals surface area contributed by atoms with E-state index in [1.165, 1.54) is 10.5 Å². The van der Waals surface area contributed by atoms with Crippen LogP contribution >= 0.6 is 22.9 Å². The summed E-state index contributed by atoms with van der Waals surface area (Å²) in [4.78, 5) is 1.24. The molecule has 1 heterocycles. The smallest absolute Gasteiger partial charge is 0.0519 e. The highest BCUT2D eigenvalue weighted by Gasteiger charge is 1.97. The molecule has 1 nitrogen and oxygen atoms in total. The third kappa shape index (κ3) is 3.82. The molecule has 1 aromatic rings. The van der Waals surface area contributed by atoms with Gasteiger partial charge in [-0.25, -0.2) is 0 Å². The van der Waals surface area contributed by atoms with E-state index in [9.17, 15) is 0 Å². The molecule has 0 radical (unpaired) electrons. The van der Waals surface area contributed by atoms with Gasteiger partial charge in [0.1, 0.15) is 0 Å². The van der Waals surface area contributed by atoms with E-state index >= 15 is 0 Å². The maximum Gasteiger partial charge on any atom is 0.0519 e. The fourth-order valence-corrected chi connectivity index (χ4v) is 2.23. The Kier molecular flexibility index (Phi) is 5.23. The van der Waals surface area contributed by atoms with E-state index in [1.807, 2.05) is 11.4 Å². The lowest BCUT2D eigenvalue weighted by Gasteiger charge is -2.03. The van der Waals surface area contributed by atoms with Crippen molar-refractivity contribution in [2.75, 3.05) is 13.1 Å². The van der Waals surface area contributed by atoms with Gasteiger partial charge in [0.15, 0.2) is 0 Å². The highest BCUT2D eigenvalue weighted by molar-refractivity contribution is 7.11. The normalized spacial score (nSPS) is 12.1. The molecule has 14 heavy (non-hydrogen) atoms. The summed E-state index contributed by atoms with van der Waals surface area (Å²) in [6.07, 6.45) is 3.31. The molecular weight excluding hydrogens is 214 g/mol. The van der Waals surface area contributed by atoms with Crippen LogP contribution in [0.15, 0.2) is 17.0 Å². The Morgan fingerprint density at radius 1 is 1.57 bits per heavy atom. The molecule has 0 atom stereocenters. The molecule has 0 amide bonds. The van der Waals surface area contributed by atoms with Crippen LogP contribution in [0.4, 0.5) is 0 Å². The number of likely N-dealkylation sites (N-methyl/N-ethyl adjacent to an activating group) is 1. The minimum Gasteiger partial charge on any atom is -0.313 e. The zero-order valence-electron chi connectivity index (χ0n) is 8.64. The monoisotopic (exact) mass is 229 g/mol. The van der Waals surface area contributed by atoms with Gasteiger partial charge in [-0.2, -0.15) is 0 Å². The van der Waals surface area contributed by atoms with Gasteiger partial charge in [0.25, 0.3) is 0 Å². The fraction of sp³-hybridized carbons (Fsp3) is 0.455. The van der Waals surface area contributed by atoms with Crippen molar-refractivity contribution in [3.05, 3.63) is 26.9 Å². The Morgan fingerprint density at radius 3 is 2.86 bits per heavy atom. The minimum absolute atomic E-state index is 0.833. The number of nitrogens with one attached hydrogen (secondary N) is 1. The quantitative estimate of drug-likeness (QED) is 0.810. The first-order valence-electron chi connectivity index (χ1n) is 4.90. The fourth-order valence-electron chi connectivity index (χ4n) is 1.17. The van der Waals surface area contributed by atoms with Crippen molar-refractivity contribution >= 4 is 29.0 Å². The van der Waals surface area contributed by atoms with E-state index < -0.39 is 0 Å². The molecule has 3 heteroatoms. The van der Waals surface area contributed by atoms with Gasteiger partial charge >= 0.3 is 0 Å². The number of rotatable bonds is 5. The predicted octanol–water partition coefficient (Wildman–Crippen LogP) is 3.80. The molecule has 0 aliphatic carbocycles. The Bertz CT molecular complexity index is 304. The minimum atomic E-state index is 0.833. The Morgan fingerprint density at radius 2 is 2.36 bits per heavy atom. The third-order valence-electron chi connectivity index (χ3n) is 1.99. The molecule has 0 aliphatic rings. The van der Waals surface area contributed by atoms with Crippen molar-refractivity contribution in [3.8, 4) is 0 Å². The Balaban J connectivity index is 2.63. The average Bonchev–Trinajstić information content (AvgIpc) is 2.58. The molecule has 0 unspecified atom stereocenters. The molecular formula is C11H16ClNS. The van der Waals surface area contributed by atoms with Crippen molar-refractivity contribution in [1.82, 2.24) is 5.32 Å². The van der Waals surface area contributed by atoms with Crippen LogP contribution in [0.1, 0.15) is 25.1 Å². The van der Waals surface area contributed by atoms with Gasteiger partial charge in [0.2, 0.25) is 0 Å². The SMILES string of the molecule is CCNCC(=Cc1cc(Cl)cs1)CC. The van der Waals surface area contributed by atoms with Crippen LogP contribution in [0.25, 0.3) is 6.08 Å². The lowest BCUT2D eigenvalue weighted by molar-refractivity contribution is 0.762. The van der Waals surface area contributed by atoms with Crippen LogP contribution in [0.2, 0.25) is 5.02 Å². The van der Waals surface area contributed by atoms with Gasteiger partial charge in [-0.05, 0) is 25.1 Å². The highest BCUT2D eigenvalue weighted by atomic mass is 35.5. The van der Waals surface area contributed by atoms with E-state index in [0.717, 1.165) is 24.5 Å². The van der Waals surface area contributed by atoms with Crippen molar-refractivity contribution in [3.63, 3.8) is 0 Å². The van der Waals surface area contributed by atoms with Gasteiger partial charge in [0.05, 0.1) is 5.02 Å². The summed E-state index contributed by atoms with van der Waals surface area (Å²) in [5, 5.41) is 6.13. The number of hydrogen-bond donors (Lipinski definition) is 1. The molecule has 0 saturated carbocycles. The summed E-state index contributed by atoms with van der Waals surface area (Å²) in [6, 6.07) is 2.01. The van der Waals surface area contributed by atoms with E-state index in [0.29, 0.717) is 0 Å². The summed E-state index contributed by atoms with van der Waals surface area (Å²) in [5.41, 5.74) is 1.42. The van der Waals surface area contributed by atoms with Crippen molar-refractivity contribution in [1.29, 1.82) is 0 Å². The predicted molar refractivity (Wildman–Crippen MR) is 66.1 cm³/mol. The van der Waals surface area contributed by atoms with Crippen molar-refractivity contribution in [2.45, 2.75) is 20.3 Å². The van der Waals surface area contributed by atoms with E-state index in [1.54, 1.807) is 11.3 Å². The number of thiophene rings is 1. The lowest BCUT2D eigenvalue weighted by Crippen LogP contribution is -2.15. The van der Waals surface area contributed by atoms with Crippen LogP contribution in [0.3, 0.4) is 0 Å². The van der Waals surface area contributed by atoms with Crippen LogP contribution < -0.4 is 5.32 Å². The second-order valence-corrected chi connectivity index (χ2v) is 4.48. The molecule has 1 N–H and O–H groups in total. The highest BCUT2D eigenvalue weighted by Crippen LogP contribution is 2.22. The standard InChI is InChI=1S/C11H16ClNS/c1-3-9(7-13-4-2)5-11-6-10(12)8-14-11/h5-6,8,13H,3-4,7H2,1-2H3. The molecule has 0 spiro atoms. The largest absolute Gasteiger partial charge is 0.313 e. The summed E-state index contributed by atoms with van der Waals surface area (Å²) >= 11 is 7.55. The Labute approximate surface area is 94.8 Å². The molecule has 0 fully saturated rings. The van der Waals surface area contributed by atoms with E-state index in [4.69, 9.17) is 11.6 Å². The number of hydrogen-bond acceptors (Lipinski definition) is 2. The van der Waals surface area contributed by atoms with Gasteiger partial charge < -0.3 is 5.32 Å². The zero-order chi connectivity index (χ0) is 10.4. The van der Waals surface area contributed by atoms with Gasteiger partial charge in [-0.15, -0.1) is 11.3 Å². The first-order chi connectivity index (χ1) is 6.76. The molecule has 1 aromatic heterocycles. The van der Waals surface area contributed by atoms with Crippen LogP contribution in [-0.2, 0) is 0 Å². The summed E-state index contributed by atoms with van der Waals surface area (Å²) in [6.45, 7) is 6.29. The average molecular weight is 230 g/mol. The van der Waals surface area contributed by atoms with Gasteiger partial charge in [-0.3, -0.25) is 0 Å². The van der Waals surface area contributed by atoms with Crippen LogP contribution in [0, 0.1) is 0 Å². The first kappa shape index (κ1) is 11.8. The van der Waals surface area contributed by atoms with E-state index in [2.05, 4.69) is 25.2 Å². The summed E-state index contributed by atoms with van der Waals surface area (Å²) in [5.74, 6) is 0. The molecule has 0 saturated heterocycles. The summed E-state index contributed by atoms with van der Waals surface area (Å²) < 4.78 is 0. The van der Waals surface area contributed by atoms with Crippen molar-refractivity contribution < 1.29 is 0 Å². The topological polar surface area (TPSA) is 12.0 Å². The maximum atomic E-state index is 5.86. The molecule has 0 bridgehead atoms. The zero-order valence-corrected chi connectivity index (χ0v) is 10.2. The van der Waals surface area contributed by atoms with Gasteiger partial charge in [0, 0.05) is 16.8 Å². The second kappa shape index (κ2) is 6.23. The Hall–Kier alpha value is -0.310. The second-order valence-electron chi connectivity index (χ2n) is 3.10. The molecule has 78 valence electrons. The van der Waals surface area contributed by atoms with Crippen LogP contribution in [0.5, 0.6) is 0 Å². The molecule has 0 aliphatic heterocycles.